The summed E-state index contributed by atoms with van der Waals surface area (Å²) in [7, 11) is 4.16. The molecule has 1 atom stereocenters. The first-order chi connectivity index (χ1) is 11.1. The van der Waals surface area contributed by atoms with E-state index in [0.29, 0.717) is 11.9 Å². The fraction of sp³-hybridized carbons (Fsp3) is 0.588. The van der Waals surface area contributed by atoms with Gasteiger partial charge in [0, 0.05) is 51.0 Å². The van der Waals surface area contributed by atoms with Gasteiger partial charge >= 0.3 is 0 Å². The number of hydrogen-bond acceptors (Lipinski definition) is 4. The van der Waals surface area contributed by atoms with Crippen molar-refractivity contribution in [3.05, 3.63) is 29.6 Å². The molecule has 0 spiro atoms. The predicted molar refractivity (Wildman–Crippen MR) is 89.1 cm³/mol. The number of nitrogens with zero attached hydrogens (tertiary/aromatic N) is 5. The van der Waals surface area contributed by atoms with Crippen LogP contribution in [0.5, 0.6) is 5.88 Å². The molecule has 1 saturated heterocycles. The Hall–Kier alpha value is -1.79. The Labute approximate surface area is 136 Å². The molecule has 2 aliphatic rings. The first-order valence-corrected chi connectivity index (χ1v) is 8.47. The van der Waals surface area contributed by atoms with Crippen LogP contribution in [0.4, 0.5) is 0 Å². The molecule has 0 aromatic carbocycles. The maximum absolute atomic E-state index is 10.7. The van der Waals surface area contributed by atoms with Crippen LogP contribution in [-0.4, -0.2) is 68.5 Å². The van der Waals surface area contributed by atoms with E-state index in [-0.39, 0.29) is 0 Å². The zero-order valence-electron chi connectivity index (χ0n) is 13.9. The zero-order valence-corrected chi connectivity index (χ0v) is 13.9. The second kappa shape index (κ2) is 5.69. The molecule has 2 aromatic heterocycles. The van der Waals surface area contributed by atoms with Gasteiger partial charge in [-0.1, -0.05) is 0 Å². The summed E-state index contributed by atoms with van der Waals surface area (Å²) in [4.78, 5) is 4.97. The zero-order chi connectivity index (χ0) is 16.0. The molecule has 1 aliphatic carbocycles. The second-order valence-electron chi connectivity index (χ2n) is 6.87. The number of rotatable bonds is 2. The van der Waals surface area contributed by atoms with E-state index >= 15 is 0 Å². The number of aromatic nitrogens is 3. The number of piperazine rings is 1. The third kappa shape index (κ3) is 2.56. The third-order valence-electron chi connectivity index (χ3n) is 5.38. The van der Waals surface area contributed by atoms with Crippen LogP contribution in [0.2, 0.25) is 0 Å². The highest BCUT2D eigenvalue weighted by Gasteiger charge is 2.31. The van der Waals surface area contributed by atoms with Gasteiger partial charge in [0.15, 0.2) is 0 Å². The Balaban J connectivity index is 1.58. The summed E-state index contributed by atoms with van der Waals surface area (Å²) >= 11 is 0. The summed E-state index contributed by atoms with van der Waals surface area (Å²) in [5, 5.41) is 15.4. The summed E-state index contributed by atoms with van der Waals surface area (Å²) in [5.41, 5.74) is 2.11. The van der Waals surface area contributed by atoms with E-state index in [1.165, 1.54) is 0 Å². The highest BCUT2D eigenvalue weighted by Crippen LogP contribution is 2.32. The minimum atomic E-state index is 0.320. The van der Waals surface area contributed by atoms with Crippen LogP contribution in [-0.2, 0) is 19.9 Å². The second-order valence-corrected chi connectivity index (χ2v) is 6.87. The Kier molecular flexibility index (Phi) is 3.66. The van der Waals surface area contributed by atoms with Crippen molar-refractivity contribution in [2.45, 2.75) is 25.3 Å². The number of aryl methyl sites for hydroxylation is 2. The van der Waals surface area contributed by atoms with Crippen molar-refractivity contribution in [1.29, 1.82) is 0 Å². The van der Waals surface area contributed by atoms with Crippen LogP contribution < -0.4 is 0 Å². The van der Waals surface area contributed by atoms with Crippen LogP contribution in [0.1, 0.15) is 17.7 Å². The maximum atomic E-state index is 10.7. The summed E-state index contributed by atoms with van der Waals surface area (Å²) in [5.74, 6) is 1.23. The molecule has 23 heavy (non-hydrogen) atoms. The Morgan fingerprint density at radius 1 is 1.17 bits per heavy atom. The van der Waals surface area contributed by atoms with Gasteiger partial charge in [-0.05, 0) is 38.4 Å². The summed E-state index contributed by atoms with van der Waals surface area (Å²) in [6, 6.07) is 4.49. The van der Waals surface area contributed by atoms with Gasteiger partial charge in [-0.2, -0.15) is 9.78 Å². The first-order valence-electron chi connectivity index (χ1n) is 8.47. The highest BCUT2D eigenvalue weighted by molar-refractivity contribution is 5.40. The summed E-state index contributed by atoms with van der Waals surface area (Å²) in [6.07, 6.45) is 4.98. The molecule has 6 heteroatoms. The molecule has 4 rings (SSSR count). The van der Waals surface area contributed by atoms with Crippen LogP contribution in [0.3, 0.4) is 0 Å². The lowest BCUT2D eigenvalue weighted by atomic mass is 9.91. The smallest absolute Gasteiger partial charge is 0.219 e. The fourth-order valence-corrected chi connectivity index (χ4v) is 3.87. The molecule has 0 radical (unpaired) electrons. The van der Waals surface area contributed by atoms with E-state index in [0.717, 1.165) is 62.5 Å². The van der Waals surface area contributed by atoms with Crippen LogP contribution in [0, 0.1) is 0 Å². The molecule has 124 valence electrons. The molecule has 1 N–H and O–H groups in total. The largest absolute Gasteiger partial charge is 0.493 e. The monoisotopic (exact) mass is 315 g/mol. The van der Waals surface area contributed by atoms with Crippen molar-refractivity contribution in [1.82, 2.24) is 24.1 Å². The van der Waals surface area contributed by atoms with E-state index in [1.54, 1.807) is 4.68 Å². The first kappa shape index (κ1) is 14.8. The average molecular weight is 315 g/mol. The quantitative estimate of drug-likeness (QED) is 0.899. The van der Waals surface area contributed by atoms with E-state index in [4.69, 9.17) is 0 Å². The minimum Gasteiger partial charge on any atom is -0.493 e. The Morgan fingerprint density at radius 3 is 2.65 bits per heavy atom. The third-order valence-corrected chi connectivity index (χ3v) is 5.38. The molecule has 1 unspecified atom stereocenters. The molecule has 0 bridgehead atoms. The van der Waals surface area contributed by atoms with Gasteiger partial charge < -0.3 is 14.6 Å². The number of hydrogen-bond donors (Lipinski definition) is 1. The van der Waals surface area contributed by atoms with E-state index in [9.17, 15) is 5.11 Å². The van der Waals surface area contributed by atoms with Gasteiger partial charge in [-0.3, -0.25) is 4.90 Å². The van der Waals surface area contributed by atoms with Gasteiger partial charge in [0.1, 0.15) is 5.82 Å². The molecule has 0 amide bonds. The van der Waals surface area contributed by atoms with Gasteiger partial charge in [0.05, 0.1) is 5.69 Å². The van der Waals surface area contributed by atoms with Crippen LogP contribution in [0.15, 0.2) is 18.3 Å². The predicted octanol–water partition coefficient (Wildman–Crippen LogP) is 1.02. The minimum absolute atomic E-state index is 0.320. The topological polar surface area (TPSA) is 49.5 Å². The molecule has 1 fully saturated rings. The normalized spacial score (nSPS) is 23.1. The molecular weight excluding hydrogens is 290 g/mol. The van der Waals surface area contributed by atoms with Crippen molar-refractivity contribution < 1.29 is 5.11 Å². The summed E-state index contributed by atoms with van der Waals surface area (Å²) < 4.78 is 3.67. The average Bonchev–Trinajstić information content (AvgIpc) is 3.11. The fourth-order valence-electron chi connectivity index (χ4n) is 3.87. The number of fused-ring (bicyclic) bond motifs is 1. The van der Waals surface area contributed by atoms with Crippen molar-refractivity contribution >= 4 is 0 Å². The van der Waals surface area contributed by atoms with Gasteiger partial charge in [-0.25, -0.2) is 0 Å². The lowest BCUT2D eigenvalue weighted by Gasteiger charge is -2.39. The lowest BCUT2D eigenvalue weighted by molar-refractivity contribution is 0.103. The molecular formula is C17H25N5O. The van der Waals surface area contributed by atoms with Gasteiger partial charge in [0.2, 0.25) is 5.88 Å². The van der Waals surface area contributed by atoms with Crippen molar-refractivity contribution in [3.63, 3.8) is 0 Å². The van der Waals surface area contributed by atoms with Crippen molar-refractivity contribution in [2.24, 2.45) is 7.05 Å². The SMILES string of the molecule is CN1CCN(C2CCc3nn(-c4cccn4C)c(O)c3C2)CC1. The molecule has 0 saturated carbocycles. The molecule has 2 aromatic rings. The van der Waals surface area contributed by atoms with Crippen LogP contribution in [0.25, 0.3) is 5.82 Å². The summed E-state index contributed by atoms with van der Waals surface area (Å²) in [6.45, 7) is 4.53. The standard InChI is InChI=1S/C17H25N5O/c1-19-8-10-21(11-9-19)13-5-6-15-14(12-13)17(23)22(18-15)16-4-3-7-20(16)2/h3-4,7,13,23H,5-6,8-12H2,1-2H3. The van der Waals surface area contributed by atoms with Gasteiger partial charge in [-0.15, -0.1) is 0 Å². The lowest BCUT2D eigenvalue weighted by Crippen LogP contribution is -2.50. The molecule has 3 heterocycles. The molecule has 1 aliphatic heterocycles. The number of aromatic hydroxyl groups is 1. The molecule has 6 nitrogen and oxygen atoms in total. The Morgan fingerprint density at radius 2 is 1.96 bits per heavy atom. The van der Waals surface area contributed by atoms with Gasteiger partial charge in [0.25, 0.3) is 0 Å². The van der Waals surface area contributed by atoms with E-state index in [1.807, 2.05) is 29.9 Å². The number of likely N-dealkylation sites (N-methyl/N-ethyl adjacent to an activating group) is 1. The van der Waals surface area contributed by atoms with Crippen LogP contribution >= 0.6 is 0 Å². The maximum Gasteiger partial charge on any atom is 0.219 e. The van der Waals surface area contributed by atoms with E-state index < -0.39 is 0 Å². The van der Waals surface area contributed by atoms with E-state index in [2.05, 4.69) is 21.9 Å². The Bertz CT molecular complexity index is 696. The van der Waals surface area contributed by atoms with Crippen molar-refractivity contribution in [3.8, 4) is 11.7 Å². The van der Waals surface area contributed by atoms with Crippen molar-refractivity contribution in [2.75, 3.05) is 33.2 Å². The highest BCUT2D eigenvalue weighted by atomic mass is 16.3.